The number of nitrogens with two attached hydrogens (primary N) is 2. The number of aliphatic carboxylic acids is 1. The Bertz CT molecular complexity index is 4200. The number of fused-ring (bicyclic) bond motifs is 3. The van der Waals surface area contributed by atoms with E-state index < -0.39 is 194 Å². The fraction of sp³-hybridized carbons (Fsp3) is 0.575. The SMILES string of the molecule is CCCCCCCCCCCCCC1CC(=O)N[C@@H](CCCN)C(=O)N[C@@H](Cc2cnc[nH]2)C(=O)N[C@@H](C(C)C)C(=O)N2CCC[C@H]2C(=O)NCC(=O)N[C@@H](CCCNC(N)=O)C(=O)N[C@@H](Cc2c[nH]c3ccc(O)cc23)C(=O)NCC(=O)N[C@@H](Cc2c[nH]c3ccccc23)C(=O)NCC(=O)N[C@@H](C(C)C)C(=O)N[C@@H](CC(=O)O)C(=O)O1. The maximum Gasteiger partial charge on any atom is 0.329 e. The number of aromatic amines is 3. The molecule has 117 heavy (non-hydrogen) atoms. The Kier molecular flexibility index (Phi) is 37.5. The van der Waals surface area contributed by atoms with Crippen LogP contribution in [0.3, 0.4) is 0 Å². The normalized spacial score (nSPS) is 22.4. The second-order valence-corrected chi connectivity index (χ2v) is 30.5. The number of carbonyl (C=O) groups is 15. The number of nitrogens with zero attached hydrogens (tertiary/aromatic N) is 2. The number of carboxylic acids is 1. The standard InChI is InChI=1S/C80H117N19O18/c1-6-7-8-9-10-11-12-13-14-15-16-22-52-37-64(101)91-57(25-19-30-81)73(109)95-61(35-50-41-83-45-90-50)75(111)98-70(47(4)5)78(114)99-32-21-27-63(99)76(112)89-43-65(102)92-58(26-20-31-84-80(82)116)74(110)94-60(34-49-40-86-56-29-28-51(100)36-54(49)56)72(108)87-42-66(103)93-59(33-48-39-85-55-24-18-17-23-53(48)55)71(107)88-44-67(104)97-69(46(2)3)77(113)96-62(38-68(105)106)79(115)117-52/h17-18,23-24,28-29,36,39-41,45-47,52,57-63,69-70,85-86,100H,6-16,19-22,25-27,30-35,37-38,42-44,81H2,1-5H3,(H,83,90)(H,87,108)(H,88,107)(H,89,112)(H,91,101)(H,92,102)(H,93,103)(H,94,110)(H,95,109)(H,96,113)(H,97,104)(H,98,111)(H,105,106)(H3,82,84,116)/t52?,57-,58-,59-,60-,61-,62-,63-,69-,70-/m0/s1. The first-order valence-corrected chi connectivity index (χ1v) is 40.5. The zero-order valence-corrected chi connectivity index (χ0v) is 67.3. The smallest absolute Gasteiger partial charge is 0.329 e. The molecule has 2 saturated heterocycles. The van der Waals surface area contributed by atoms with Crippen LogP contribution in [0.5, 0.6) is 5.75 Å². The molecule has 2 fully saturated rings. The summed E-state index contributed by atoms with van der Waals surface area (Å²) in [5.74, 6) is -14.9. The molecule has 37 heteroatoms. The van der Waals surface area contributed by atoms with E-state index in [0.717, 1.165) is 44.9 Å². The average Bonchev–Trinajstić information content (AvgIpc) is 1.70. The molecule has 10 atom stereocenters. The Morgan fingerprint density at radius 2 is 1.09 bits per heavy atom. The molecule has 5 aromatic rings. The van der Waals surface area contributed by atoms with Crippen molar-refractivity contribution in [3.8, 4) is 5.75 Å². The van der Waals surface area contributed by atoms with Crippen molar-refractivity contribution < 1.29 is 86.9 Å². The van der Waals surface area contributed by atoms with Gasteiger partial charge in [0.2, 0.25) is 70.9 Å². The number of benzene rings is 2. The van der Waals surface area contributed by atoms with E-state index in [1.54, 1.807) is 64.2 Å². The van der Waals surface area contributed by atoms with Gasteiger partial charge in [0.1, 0.15) is 66.2 Å². The number of phenolic OH excluding ortho intramolecular Hbond substituents is 1. The minimum atomic E-state index is -1.90. The van der Waals surface area contributed by atoms with Crippen LogP contribution in [0, 0.1) is 11.8 Å². The van der Waals surface area contributed by atoms with Crippen molar-refractivity contribution in [2.24, 2.45) is 23.3 Å². The van der Waals surface area contributed by atoms with Gasteiger partial charge in [-0.25, -0.2) is 14.6 Å². The van der Waals surface area contributed by atoms with E-state index in [0.29, 0.717) is 57.9 Å². The fourth-order valence-corrected chi connectivity index (χ4v) is 14.2. The highest BCUT2D eigenvalue weighted by Crippen LogP contribution is 2.26. The van der Waals surface area contributed by atoms with Crippen LogP contribution in [0.15, 0.2) is 67.4 Å². The van der Waals surface area contributed by atoms with Crippen LogP contribution in [0.2, 0.25) is 0 Å². The van der Waals surface area contributed by atoms with Gasteiger partial charge in [0.05, 0.1) is 38.8 Å². The maximum atomic E-state index is 14.8. The molecule has 0 saturated carbocycles. The first-order chi connectivity index (χ1) is 56.0. The predicted molar refractivity (Wildman–Crippen MR) is 430 cm³/mol. The van der Waals surface area contributed by atoms with Crippen LogP contribution in [0.4, 0.5) is 4.79 Å². The second kappa shape index (κ2) is 47.4. The molecular formula is C80H117N19O18. The molecule has 37 nitrogen and oxygen atoms in total. The van der Waals surface area contributed by atoms with Crippen molar-refractivity contribution in [2.45, 2.75) is 243 Å². The molecule has 0 bridgehead atoms. The Balaban J connectivity index is 1.21. The third-order valence-corrected chi connectivity index (χ3v) is 20.5. The Morgan fingerprint density at radius 3 is 1.68 bits per heavy atom. The summed E-state index contributed by atoms with van der Waals surface area (Å²) in [6, 6.07) is -2.66. The summed E-state index contributed by atoms with van der Waals surface area (Å²) in [6.45, 7) is 6.19. The van der Waals surface area contributed by atoms with Crippen molar-refractivity contribution in [3.63, 3.8) is 0 Å². The molecule has 2 aromatic carbocycles. The van der Waals surface area contributed by atoms with E-state index in [1.807, 2.05) is 0 Å². The second-order valence-electron chi connectivity index (χ2n) is 30.5. The molecule has 1 unspecified atom stereocenters. The van der Waals surface area contributed by atoms with Crippen molar-refractivity contribution in [1.82, 2.24) is 88.6 Å². The van der Waals surface area contributed by atoms with E-state index in [1.165, 1.54) is 48.6 Å². The molecule has 21 N–H and O–H groups in total. The number of para-hydroxylation sites is 1. The number of ether oxygens (including phenoxy) is 1. The van der Waals surface area contributed by atoms with Crippen molar-refractivity contribution in [2.75, 3.05) is 39.3 Å². The quantitative estimate of drug-likeness (QED) is 0.0237. The van der Waals surface area contributed by atoms with Gasteiger partial charge in [-0.1, -0.05) is 117 Å². The summed E-state index contributed by atoms with van der Waals surface area (Å²) in [4.78, 5) is 226. The maximum absolute atomic E-state index is 14.8. The fourth-order valence-electron chi connectivity index (χ4n) is 14.2. The number of primary amides is 1. The lowest BCUT2D eigenvalue weighted by Gasteiger charge is -2.32. The van der Waals surface area contributed by atoms with Gasteiger partial charge in [0, 0.05) is 78.4 Å². The number of esters is 1. The number of unbranched alkanes of at least 4 members (excludes halogenated alkanes) is 10. The number of hydrogen-bond acceptors (Lipinski definition) is 19. The first-order valence-electron chi connectivity index (χ1n) is 40.5. The number of hydrogen-bond donors (Lipinski definition) is 19. The van der Waals surface area contributed by atoms with Gasteiger partial charge in [0.15, 0.2) is 0 Å². The summed E-state index contributed by atoms with van der Waals surface area (Å²) in [6.07, 6.45) is 13.4. The van der Waals surface area contributed by atoms with E-state index in [4.69, 9.17) is 16.2 Å². The van der Waals surface area contributed by atoms with Crippen LogP contribution in [0.1, 0.15) is 180 Å². The van der Waals surface area contributed by atoms with Crippen molar-refractivity contribution in [1.29, 1.82) is 0 Å². The third-order valence-electron chi connectivity index (χ3n) is 20.5. The summed E-state index contributed by atoms with van der Waals surface area (Å²) in [7, 11) is 0. The lowest BCUT2D eigenvalue weighted by Crippen LogP contribution is -2.60. The van der Waals surface area contributed by atoms with Gasteiger partial charge in [-0.15, -0.1) is 0 Å². The lowest BCUT2D eigenvalue weighted by molar-refractivity contribution is -0.157. The Morgan fingerprint density at radius 1 is 0.556 bits per heavy atom. The third kappa shape index (κ3) is 30.2. The summed E-state index contributed by atoms with van der Waals surface area (Å²) in [5.41, 5.74) is 13.8. The number of amides is 14. The minimum absolute atomic E-state index is 0.0202. The van der Waals surface area contributed by atoms with Gasteiger partial charge in [0.25, 0.3) is 0 Å². The number of cyclic esters (lactones) is 1. The first kappa shape index (κ1) is 92.5. The van der Waals surface area contributed by atoms with Gasteiger partial charge in [-0.05, 0) is 105 Å². The van der Waals surface area contributed by atoms with Crippen LogP contribution in [0.25, 0.3) is 21.8 Å². The summed E-state index contributed by atoms with van der Waals surface area (Å²) >= 11 is 0. The Labute approximate surface area is 678 Å². The highest BCUT2D eigenvalue weighted by Gasteiger charge is 2.41. The topological polar surface area (TPSA) is 566 Å². The van der Waals surface area contributed by atoms with Crippen molar-refractivity contribution >= 4 is 111 Å². The summed E-state index contributed by atoms with van der Waals surface area (Å²) in [5, 5.41) is 52.8. The van der Waals surface area contributed by atoms with Crippen LogP contribution in [-0.2, 0) is 91.1 Å². The van der Waals surface area contributed by atoms with Gasteiger partial charge < -0.3 is 110 Å². The monoisotopic (exact) mass is 1630 g/mol. The molecule has 0 radical (unpaired) electrons. The lowest BCUT2D eigenvalue weighted by atomic mass is 10.0. The number of rotatable bonds is 29. The number of carboxylic acid groups (broad SMARTS) is 1. The molecule has 2 aliphatic heterocycles. The number of H-pyrrole nitrogens is 3. The zero-order valence-electron chi connectivity index (χ0n) is 67.3. The molecule has 0 spiro atoms. The van der Waals surface area contributed by atoms with Crippen LogP contribution < -0.4 is 75.3 Å². The zero-order chi connectivity index (χ0) is 85.1. The molecule has 3 aromatic heterocycles. The largest absolute Gasteiger partial charge is 0.508 e. The minimum Gasteiger partial charge on any atom is -0.508 e. The highest BCUT2D eigenvalue weighted by atomic mass is 16.5. The predicted octanol–water partition coefficient (Wildman–Crippen LogP) is 1.31. The molecule has 0 aliphatic carbocycles. The molecular weight excluding hydrogens is 1510 g/mol. The molecule has 640 valence electrons. The van der Waals surface area contributed by atoms with Crippen LogP contribution >= 0.6 is 0 Å². The highest BCUT2D eigenvalue weighted by molar-refractivity contribution is 6.00. The molecule has 5 heterocycles. The van der Waals surface area contributed by atoms with Crippen LogP contribution in [-0.4, -0.2) is 224 Å². The van der Waals surface area contributed by atoms with Gasteiger partial charge >= 0.3 is 18.0 Å². The summed E-state index contributed by atoms with van der Waals surface area (Å²) < 4.78 is 5.96. The molecule has 14 amide bonds. The van der Waals surface area contributed by atoms with E-state index in [9.17, 15) is 82.1 Å². The van der Waals surface area contributed by atoms with E-state index in [-0.39, 0.29) is 83.2 Å². The van der Waals surface area contributed by atoms with Gasteiger partial charge in [-0.3, -0.25) is 62.3 Å². The number of nitrogens with one attached hydrogen (secondary N) is 15. The Hall–Kier alpha value is -11.7. The number of imidazole rings is 1. The molecule has 2 aliphatic rings. The molecule has 7 rings (SSSR count). The average molecular weight is 1630 g/mol. The number of urea groups is 1. The number of aromatic hydroxyl groups is 1. The van der Waals surface area contributed by atoms with Crippen molar-refractivity contribution in [3.05, 3.63) is 84.2 Å². The number of aromatic nitrogens is 4. The number of carbonyl (C=O) groups excluding carboxylic acids is 14. The van der Waals surface area contributed by atoms with E-state index in [2.05, 4.69) is 90.7 Å². The van der Waals surface area contributed by atoms with E-state index >= 15 is 0 Å². The van der Waals surface area contributed by atoms with Gasteiger partial charge in [-0.2, -0.15) is 0 Å². The number of phenols is 1.